The number of urea groups is 1. The van der Waals surface area contributed by atoms with Gasteiger partial charge in [0.25, 0.3) is 0 Å². The van der Waals surface area contributed by atoms with Crippen molar-refractivity contribution in [3.8, 4) is 11.3 Å². The molecule has 2 aliphatic rings. The Morgan fingerprint density at radius 2 is 1.82 bits per heavy atom. The zero-order chi connectivity index (χ0) is 24.0. The first-order valence-corrected chi connectivity index (χ1v) is 10.6. The van der Waals surface area contributed by atoms with E-state index < -0.39 is 23.7 Å². The van der Waals surface area contributed by atoms with Crippen LogP contribution in [0.2, 0.25) is 0 Å². The maximum Gasteiger partial charge on any atom is 0.416 e. The number of carbonyl (C=O) groups excluding carboxylic acids is 2. The van der Waals surface area contributed by atoms with Gasteiger partial charge in [0.1, 0.15) is 0 Å². The lowest BCUT2D eigenvalue weighted by Crippen LogP contribution is -2.48. The standard InChI is InChI=1S/C24H20F3N5O2/c25-24(26,27)16-3-1-2-15(12-16)19-8-9-20-22(30-19)32(18-10-11-31(20)13-18)23(34)29-17-6-4-14(5-7-17)21(28)33/h1-9,12,18H,10-11,13H2,(H2,28,33)(H,29,34)/t18-/m0/s1. The van der Waals surface area contributed by atoms with Crippen molar-refractivity contribution in [3.05, 3.63) is 71.8 Å². The number of nitrogens with one attached hydrogen (secondary N) is 1. The van der Waals surface area contributed by atoms with Gasteiger partial charge in [0.05, 0.1) is 23.0 Å². The fourth-order valence-electron chi connectivity index (χ4n) is 4.39. The number of nitrogens with zero attached hydrogens (tertiary/aromatic N) is 3. The number of primary amides is 1. The lowest BCUT2D eigenvalue weighted by molar-refractivity contribution is -0.137. The van der Waals surface area contributed by atoms with Crippen LogP contribution >= 0.6 is 0 Å². The zero-order valence-corrected chi connectivity index (χ0v) is 17.8. The summed E-state index contributed by atoms with van der Waals surface area (Å²) >= 11 is 0. The Morgan fingerprint density at radius 3 is 2.53 bits per heavy atom. The van der Waals surface area contributed by atoms with Crippen LogP contribution in [-0.4, -0.2) is 36.1 Å². The summed E-state index contributed by atoms with van der Waals surface area (Å²) in [6, 6.07) is 14.1. The van der Waals surface area contributed by atoms with Crippen LogP contribution in [0.4, 0.5) is 35.2 Å². The molecule has 0 radical (unpaired) electrons. The molecule has 5 rings (SSSR count). The molecule has 1 atom stereocenters. The molecule has 0 unspecified atom stereocenters. The summed E-state index contributed by atoms with van der Waals surface area (Å²) in [7, 11) is 0. The number of pyridine rings is 1. The SMILES string of the molecule is NC(=O)c1ccc(NC(=O)N2c3nc(-c4cccc(C(F)(F)F)c4)ccc3N3CC[C@H]2C3)cc1. The molecule has 2 bridgehead atoms. The topological polar surface area (TPSA) is 91.6 Å². The van der Waals surface area contributed by atoms with E-state index in [0.29, 0.717) is 34.9 Å². The molecule has 1 fully saturated rings. The van der Waals surface area contributed by atoms with Crippen LogP contribution in [0.5, 0.6) is 0 Å². The number of fused-ring (bicyclic) bond motifs is 4. The molecule has 7 nitrogen and oxygen atoms in total. The normalized spacial score (nSPS) is 16.9. The molecule has 0 saturated carbocycles. The monoisotopic (exact) mass is 467 g/mol. The van der Waals surface area contributed by atoms with E-state index in [9.17, 15) is 22.8 Å². The van der Waals surface area contributed by atoms with Crippen molar-refractivity contribution in [2.75, 3.05) is 28.2 Å². The Labute approximate surface area is 193 Å². The van der Waals surface area contributed by atoms with Crippen LogP contribution in [0.25, 0.3) is 11.3 Å². The number of rotatable bonds is 3. The molecule has 34 heavy (non-hydrogen) atoms. The van der Waals surface area contributed by atoms with Gasteiger partial charge in [-0.2, -0.15) is 13.2 Å². The minimum Gasteiger partial charge on any atom is -0.366 e. The van der Waals surface area contributed by atoms with Gasteiger partial charge in [-0.1, -0.05) is 12.1 Å². The third-order valence-electron chi connectivity index (χ3n) is 6.08. The fourth-order valence-corrected chi connectivity index (χ4v) is 4.39. The number of hydrogen-bond acceptors (Lipinski definition) is 4. The van der Waals surface area contributed by atoms with E-state index in [1.54, 1.807) is 35.2 Å². The third kappa shape index (κ3) is 3.91. The summed E-state index contributed by atoms with van der Waals surface area (Å²) in [5.74, 6) is -0.171. The van der Waals surface area contributed by atoms with Gasteiger partial charge in [0.15, 0.2) is 5.82 Å². The highest BCUT2D eigenvalue weighted by Gasteiger charge is 2.40. The molecular formula is C24H20F3N5O2. The minimum atomic E-state index is -4.47. The van der Waals surface area contributed by atoms with Gasteiger partial charge in [0.2, 0.25) is 5.91 Å². The lowest BCUT2D eigenvalue weighted by atomic mass is 10.1. The van der Waals surface area contributed by atoms with Crippen LogP contribution in [0, 0.1) is 0 Å². The quantitative estimate of drug-likeness (QED) is 0.594. The summed E-state index contributed by atoms with van der Waals surface area (Å²) in [6.45, 7) is 1.39. The van der Waals surface area contributed by atoms with Gasteiger partial charge >= 0.3 is 12.2 Å². The van der Waals surface area contributed by atoms with E-state index in [1.165, 1.54) is 18.2 Å². The second kappa shape index (κ2) is 8.05. The van der Waals surface area contributed by atoms with Gasteiger partial charge in [-0.3, -0.25) is 9.69 Å². The lowest BCUT2D eigenvalue weighted by Gasteiger charge is -2.36. The molecule has 2 aliphatic heterocycles. The second-order valence-electron chi connectivity index (χ2n) is 8.25. The Bertz CT molecular complexity index is 1280. The fraction of sp³-hybridized carbons (Fsp3) is 0.208. The van der Waals surface area contributed by atoms with Gasteiger partial charge in [-0.15, -0.1) is 0 Å². The number of hydrogen-bond donors (Lipinski definition) is 2. The van der Waals surface area contributed by atoms with Crippen LogP contribution < -0.4 is 20.9 Å². The Kier molecular flexibility index (Phi) is 5.15. The van der Waals surface area contributed by atoms with Crippen molar-refractivity contribution in [2.45, 2.75) is 18.6 Å². The molecule has 3 heterocycles. The molecule has 3 amide bonds. The van der Waals surface area contributed by atoms with Crippen LogP contribution in [0.3, 0.4) is 0 Å². The van der Waals surface area contributed by atoms with Gasteiger partial charge in [-0.05, 0) is 55.0 Å². The summed E-state index contributed by atoms with van der Waals surface area (Å²) in [5.41, 5.74) is 6.71. The number of nitrogens with two attached hydrogens (primary N) is 1. The first-order chi connectivity index (χ1) is 16.2. The highest BCUT2D eigenvalue weighted by atomic mass is 19.4. The maximum atomic E-state index is 13.3. The second-order valence-corrected chi connectivity index (χ2v) is 8.25. The maximum absolute atomic E-state index is 13.3. The average Bonchev–Trinajstić information content (AvgIpc) is 3.23. The van der Waals surface area contributed by atoms with Crippen molar-refractivity contribution >= 4 is 29.1 Å². The number of carbonyl (C=O) groups is 2. The van der Waals surface area contributed by atoms with Crippen molar-refractivity contribution in [3.63, 3.8) is 0 Å². The summed E-state index contributed by atoms with van der Waals surface area (Å²) in [5, 5.41) is 2.82. The van der Waals surface area contributed by atoms with Crippen molar-refractivity contribution < 1.29 is 22.8 Å². The van der Waals surface area contributed by atoms with Gasteiger partial charge in [0, 0.05) is 29.9 Å². The van der Waals surface area contributed by atoms with Crippen molar-refractivity contribution in [1.82, 2.24) is 4.98 Å². The Balaban J connectivity index is 1.49. The zero-order valence-electron chi connectivity index (χ0n) is 17.8. The molecule has 3 N–H and O–H groups in total. The van der Waals surface area contributed by atoms with Crippen molar-refractivity contribution in [1.29, 1.82) is 0 Å². The first kappa shape index (κ1) is 21.7. The molecular weight excluding hydrogens is 447 g/mol. The highest BCUT2D eigenvalue weighted by molar-refractivity contribution is 6.05. The Morgan fingerprint density at radius 1 is 1.06 bits per heavy atom. The highest BCUT2D eigenvalue weighted by Crippen LogP contribution is 2.41. The summed E-state index contributed by atoms with van der Waals surface area (Å²) in [6.07, 6.45) is -3.73. The number of benzene rings is 2. The molecule has 10 heteroatoms. The number of amides is 3. The van der Waals surface area contributed by atoms with Gasteiger partial charge < -0.3 is 16.0 Å². The first-order valence-electron chi connectivity index (χ1n) is 10.6. The van der Waals surface area contributed by atoms with Crippen LogP contribution in [0.1, 0.15) is 22.3 Å². The minimum absolute atomic E-state index is 0.123. The van der Waals surface area contributed by atoms with E-state index in [4.69, 9.17) is 5.73 Å². The third-order valence-corrected chi connectivity index (χ3v) is 6.08. The molecule has 3 aromatic rings. The van der Waals surface area contributed by atoms with Gasteiger partial charge in [-0.25, -0.2) is 9.78 Å². The van der Waals surface area contributed by atoms with E-state index >= 15 is 0 Å². The van der Waals surface area contributed by atoms with Crippen LogP contribution in [0.15, 0.2) is 60.7 Å². The molecule has 0 spiro atoms. The Hall–Kier alpha value is -4.08. The largest absolute Gasteiger partial charge is 0.416 e. The number of aromatic nitrogens is 1. The van der Waals surface area contributed by atoms with E-state index in [-0.39, 0.29) is 6.04 Å². The molecule has 1 aromatic heterocycles. The molecule has 174 valence electrons. The molecule has 2 aromatic carbocycles. The van der Waals surface area contributed by atoms with E-state index in [1.807, 2.05) is 0 Å². The smallest absolute Gasteiger partial charge is 0.366 e. The summed E-state index contributed by atoms with van der Waals surface area (Å²) < 4.78 is 39.6. The number of alkyl halides is 3. The molecule has 0 aliphatic carbocycles. The molecule has 1 saturated heterocycles. The predicted octanol–water partition coefficient (Wildman–Crippen LogP) is 4.50. The van der Waals surface area contributed by atoms with E-state index in [0.717, 1.165) is 30.8 Å². The predicted molar refractivity (Wildman–Crippen MR) is 122 cm³/mol. The summed E-state index contributed by atoms with van der Waals surface area (Å²) in [4.78, 5) is 32.9. The number of anilines is 3. The number of halogens is 3. The van der Waals surface area contributed by atoms with Crippen molar-refractivity contribution in [2.24, 2.45) is 5.73 Å². The van der Waals surface area contributed by atoms with E-state index in [2.05, 4.69) is 15.2 Å². The van der Waals surface area contributed by atoms with Crippen LogP contribution in [-0.2, 0) is 6.18 Å². The average molecular weight is 467 g/mol.